The number of nitrogens with zero attached hydrogens (tertiary/aromatic N) is 1. The number of ether oxygens (including phenoxy) is 1. The smallest absolute Gasteiger partial charge is 0.446 e. The zero-order chi connectivity index (χ0) is 20.9. The highest BCUT2D eigenvalue weighted by molar-refractivity contribution is 8.00. The van der Waals surface area contributed by atoms with Crippen LogP contribution in [-0.4, -0.2) is 22.3 Å². The Hall–Kier alpha value is -2.49. The Kier molecular flexibility index (Phi) is 6.83. The Morgan fingerprint density at radius 1 is 1.10 bits per heavy atom. The van der Waals surface area contributed by atoms with E-state index in [0.29, 0.717) is 42.5 Å². The van der Waals surface area contributed by atoms with Gasteiger partial charge in [-0.1, -0.05) is 12.1 Å². The molecule has 0 bridgehead atoms. The summed E-state index contributed by atoms with van der Waals surface area (Å²) in [5.41, 5.74) is 0.0468. The van der Waals surface area contributed by atoms with Gasteiger partial charge in [-0.25, -0.2) is 10.5 Å². The first-order chi connectivity index (χ1) is 13.8. The van der Waals surface area contributed by atoms with Gasteiger partial charge >= 0.3 is 5.51 Å². The molecule has 29 heavy (non-hydrogen) atoms. The molecule has 1 aromatic heterocycles. The number of hydrogen-bond acceptors (Lipinski definition) is 6. The maximum Gasteiger partial charge on any atom is 0.446 e. The lowest BCUT2D eigenvalue weighted by Gasteiger charge is -2.06. The third kappa shape index (κ3) is 6.25. The maximum absolute atomic E-state index is 12.4. The van der Waals surface area contributed by atoms with Gasteiger partial charge in [-0.05, 0) is 60.6 Å². The van der Waals surface area contributed by atoms with Crippen LogP contribution in [0, 0.1) is 6.92 Å². The molecule has 0 saturated heterocycles. The highest BCUT2D eigenvalue weighted by atomic mass is 32.2. The fourth-order valence-electron chi connectivity index (χ4n) is 2.64. The molecular weight excluding hydrogens is 405 g/mol. The summed E-state index contributed by atoms with van der Waals surface area (Å²) in [6.45, 7) is 2.54. The summed E-state index contributed by atoms with van der Waals surface area (Å²) < 4.78 is 48.6. The highest BCUT2D eigenvalue weighted by Crippen LogP contribution is 2.37. The lowest BCUT2D eigenvalue weighted by Crippen LogP contribution is -2.06. The molecule has 154 valence electrons. The Bertz CT molecular complexity index is 926. The number of rotatable bonds is 8. The van der Waals surface area contributed by atoms with Crippen molar-refractivity contribution in [3.8, 4) is 17.2 Å². The van der Waals surface area contributed by atoms with Gasteiger partial charge < -0.3 is 14.4 Å². The monoisotopic (exact) mass is 424 g/mol. The van der Waals surface area contributed by atoms with E-state index >= 15 is 0 Å². The number of hydroxylamine groups is 1. The molecule has 5 nitrogen and oxygen atoms in total. The third-order valence-corrected chi connectivity index (χ3v) is 4.78. The largest absolute Gasteiger partial charge is 0.493 e. The standard InChI is InChI=1S/C20H19F3N2O3S/c1-13-18(10-11-27-16-6-2-14(3-7-16)12-24-26)25-19(28-13)15-4-8-17(9-5-15)29-20(21,22)23/h2-9,24,26H,10-12H2,1H3. The molecule has 0 amide bonds. The minimum Gasteiger partial charge on any atom is -0.493 e. The summed E-state index contributed by atoms with van der Waals surface area (Å²) in [5.74, 6) is 1.70. The van der Waals surface area contributed by atoms with Crippen LogP contribution in [0.1, 0.15) is 17.0 Å². The second-order valence-corrected chi connectivity index (χ2v) is 7.31. The number of thioether (sulfide) groups is 1. The van der Waals surface area contributed by atoms with Gasteiger partial charge in [0, 0.05) is 23.4 Å². The molecule has 0 atom stereocenters. The van der Waals surface area contributed by atoms with E-state index in [4.69, 9.17) is 14.4 Å². The molecule has 0 aliphatic heterocycles. The number of halogens is 3. The van der Waals surface area contributed by atoms with Gasteiger partial charge in [-0.15, -0.1) is 0 Å². The molecular formula is C20H19F3N2O3S. The van der Waals surface area contributed by atoms with Crippen LogP contribution < -0.4 is 10.2 Å². The van der Waals surface area contributed by atoms with Crippen molar-refractivity contribution in [3.05, 3.63) is 65.5 Å². The van der Waals surface area contributed by atoms with Crippen LogP contribution in [-0.2, 0) is 13.0 Å². The van der Waals surface area contributed by atoms with E-state index in [2.05, 4.69) is 10.5 Å². The van der Waals surface area contributed by atoms with Gasteiger partial charge in [0.25, 0.3) is 0 Å². The van der Waals surface area contributed by atoms with E-state index in [-0.39, 0.29) is 16.7 Å². The molecule has 1 heterocycles. The fourth-order valence-corrected chi connectivity index (χ4v) is 3.18. The molecule has 0 fully saturated rings. The Morgan fingerprint density at radius 2 is 1.79 bits per heavy atom. The lowest BCUT2D eigenvalue weighted by molar-refractivity contribution is -0.0328. The maximum atomic E-state index is 12.4. The Labute approximate surface area is 169 Å². The number of alkyl halides is 3. The number of aromatic nitrogens is 1. The van der Waals surface area contributed by atoms with Crippen molar-refractivity contribution in [1.82, 2.24) is 10.5 Å². The minimum atomic E-state index is -4.32. The van der Waals surface area contributed by atoms with Crippen molar-refractivity contribution in [2.45, 2.75) is 30.3 Å². The summed E-state index contributed by atoms with van der Waals surface area (Å²) in [5, 5.41) is 8.68. The molecule has 2 aromatic carbocycles. The van der Waals surface area contributed by atoms with Gasteiger partial charge in [0.2, 0.25) is 5.89 Å². The van der Waals surface area contributed by atoms with Gasteiger partial charge in [0.15, 0.2) is 0 Å². The van der Waals surface area contributed by atoms with Crippen LogP contribution in [0.3, 0.4) is 0 Å². The molecule has 0 spiro atoms. The summed E-state index contributed by atoms with van der Waals surface area (Å²) in [6, 6.07) is 13.2. The first kappa shape index (κ1) is 21.2. The average molecular weight is 424 g/mol. The molecule has 0 aliphatic rings. The molecule has 9 heteroatoms. The van der Waals surface area contributed by atoms with Gasteiger partial charge in [-0.2, -0.15) is 13.2 Å². The lowest BCUT2D eigenvalue weighted by atomic mass is 10.2. The van der Waals surface area contributed by atoms with Gasteiger partial charge in [0.1, 0.15) is 11.5 Å². The van der Waals surface area contributed by atoms with Crippen LogP contribution in [0.15, 0.2) is 57.8 Å². The van der Waals surface area contributed by atoms with Crippen molar-refractivity contribution in [1.29, 1.82) is 0 Å². The first-order valence-electron chi connectivity index (χ1n) is 8.75. The van der Waals surface area contributed by atoms with Crippen molar-refractivity contribution in [3.63, 3.8) is 0 Å². The molecule has 0 aliphatic carbocycles. The van der Waals surface area contributed by atoms with E-state index in [0.717, 1.165) is 11.3 Å². The predicted octanol–water partition coefficient (Wildman–Crippen LogP) is 5.36. The summed E-state index contributed by atoms with van der Waals surface area (Å²) in [7, 11) is 0. The van der Waals surface area contributed by atoms with Crippen molar-refractivity contribution < 1.29 is 27.5 Å². The number of nitrogens with one attached hydrogen (secondary N) is 1. The molecule has 0 unspecified atom stereocenters. The Balaban J connectivity index is 1.58. The van der Waals surface area contributed by atoms with Crippen LogP contribution in [0.25, 0.3) is 11.5 Å². The zero-order valence-electron chi connectivity index (χ0n) is 15.5. The normalized spacial score (nSPS) is 11.6. The summed E-state index contributed by atoms with van der Waals surface area (Å²) in [6.07, 6.45) is 0.525. The topological polar surface area (TPSA) is 67.5 Å². The minimum absolute atomic E-state index is 0.110. The second-order valence-electron chi connectivity index (χ2n) is 6.17. The SMILES string of the molecule is Cc1oc(-c2ccc(SC(F)(F)F)cc2)nc1CCOc1ccc(CNO)cc1. The predicted molar refractivity (Wildman–Crippen MR) is 103 cm³/mol. The number of hydrogen-bond donors (Lipinski definition) is 2. The molecule has 0 saturated carbocycles. The van der Waals surface area contributed by atoms with Crippen LogP contribution in [0.2, 0.25) is 0 Å². The number of oxazole rings is 1. The van der Waals surface area contributed by atoms with Crippen molar-refractivity contribution >= 4 is 11.8 Å². The van der Waals surface area contributed by atoms with Gasteiger partial charge in [0.05, 0.1) is 12.3 Å². The van der Waals surface area contributed by atoms with E-state index in [1.54, 1.807) is 19.1 Å². The second kappa shape index (κ2) is 9.34. The van der Waals surface area contributed by atoms with E-state index in [1.807, 2.05) is 24.3 Å². The van der Waals surface area contributed by atoms with E-state index < -0.39 is 5.51 Å². The van der Waals surface area contributed by atoms with Crippen LogP contribution >= 0.6 is 11.8 Å². The zero-order valence-corrected chi connectivity index (χ0v) is 16.3. The average Bonchev–Trinajstić information content (AvgIpc) is 3.03. The quantitative estimate of drug-likeness (QED) is 0.375. The molecule has 3 rings (SSSR count). The number of benzene rings is 2. The third-order valence-electron chi connectivity index (χ3n) is 4.04. The Morgan fingerprint density at radius 3 is 2.41 bits per heavy atom. The summed E-state index contributed by atoms with van der Waals surface area (Å²) >= 11 is -0.158. The molecule has 3 aromatic rings. The van der Waals surface area contributed by atoms with Crippen LogP contribution in [0.5, 0.6) is 5.75 Å². The van der Waals surface area contributed by atoms with Crippen LogP contribution in [0.4, 0.5) is 13.2 Å². The van der Waals surface area contributed by atoms with Gasteiger partial charge in [-0.3, -0.25) is 0 Å². The molecule has 2 N–H and O–H groups in total. The fraction of sp³-hybridized carbons (Fsp3) is 0.250. The highest BCUT2D eigenvalue weighted by Gasteiger charge is 2.29. The first-order valence-corrected chi connectivity index (χ1v) is 9.57. The van der Waals surface area contributed by atoms with E-state index in [1.165, 1.54) is 12.1 Å². The summed E-state index contributed by atoms with van der Waals surface area (Å²) in [4.78, 5) is 4.55. The van der Waals surface area contributed by atoms with Crippen molar-refractivity contribution in [2.75, 3.05) is 6.61 Å². The van der Waals surface area contributed by atoms with Crippen molar-refractivity contribution in [2.24, 2.45) is 0 Å². The van der Waals surface area contributed by atoms with E-state index in [9.17, 15) is 13.2 Å². The number of aryl methyl sites for hydroxylation is 1. The molecule has 0 radical (unpaired) electrons.